The molecule has 108 valence electrons. The molecule has 20 heavy (non-hydrogen) atoms. The summed E-state index contributed by atoms with van der Waals surface area (Å²) in [6.07, 6.45) is 1.31. The molecule has 0 bridgehead atoms. The highest BCUT2D eigenvalue weighted by molar-refractivity contribution is 7.16. The van der Waals surface area contributed by atoms with Gasteiger partial charge in [0.2, 0.25) is 0 Å². The van der Waals surface area contributed by atoms with E-state index in [2.05, 4.69) is 27.2 Å². The fourth-order valence-corrected chi connectivity index (χ4v) is 3.29. The van der Waals surface area contributed by atoms with E-state index in [0.29, 0.717) is 5.82 Å². The predicted molar refractivity (Wildman–Crippen MR) is 80.5 cm³/mol. The number of aromatic nitrogens is 2. The summed E-state index contributed by atoms with van der Waals surface area (Å²) in [5.41, 5.74) is 2.67. The number of nitrogens with zero attached hydrogens (tertiary/aromatic N) is 3. The lowest BCUT2D eigenvalue weighted by Crippen LogP contribution is -2.30. The number of nitrogens with two attached hydrogens (primary N) is 1. The van der Waals surface area contributed by atoms with Gasteiger partial charge in [-0.25, -0.2) is 15.8 Å². The standard InChI is InChI=1S/C13H19N5OS/c1-9-7-18(4-2-5-19-9)8-11-15-12(17-14)10-3-6-20-13(10)16-11/h3,6,9H,2,4-5,7-8,14H2,1H3,(H,15,16,17). The molecule has 0 spiro atoms. The zero-order valence-corrected chi connectivity index (χ0v) is 12.3. The van der Waals surface area contributed by atoms with E-state index in [-0.39, 0.29) is 6.10 Å². The number of thiophene rings is 1. The zero-order valence-electron chi connectivity index (χ0n) is 11.5. The van der Waals surface area contributed by atoms with Gasteiger partial charge in [-0.3, -0.25) is 4.90 Å². The Kier molecular flexibility index (Phi) is 4.11. The van der Waals surface area contributed by atoms with E-state index in [1.807, 2.05) is 11.4 Å². The van der Waals surface area contributed by atoms with E-state index in [4.69, 9.17) is 10.6 Å². The van der Waals surface area contributed by atoms with Gasteiger partial charge in [0.1, 0.15) is 10.7 Å². The monoisotopic (exact) mass is 293 g/mol. The van der Waals surface area contributed by atoms with Crippen molar-refractivity contribution in [3.05, 3.63) is 17.3 Å². The highest BCUT2D eigenvalue weighted by Gasteiger charge is 2.17. The molecule has 1 aliphatic rings. The molecule has 0 saturated carbocycles. The molecule has 1 saturated heterocycles. The van der Waals surface area contributed by atoms with Gasteiger partial charge in [0, 0.05) is 19.7 Å². The van der Waals surface area contributed by atoms with Gasteiger partial charge in [-0.05, 0) is 24.8 Å². The Morgan fingerprint density at radius 3 is 3.30 bits per heavy atom. The summed E-state index contributed by atoms with van der Waals surface area (Å²) in [4.78, 5) is 12.5. The summed E-state index contributed by atoms with van der Waals surface area (Å²) < 4.78 is 5.66. The highest BCUT2D eigenvalue weighted by atomic mass is 32.1. The normalized spacial score (nSPS) is 21.0. The van der Waals surface area contributed by atoms with Crippen LogP contribution in [0.1, 0.15) is 19.2 Å². The first-order valence-electron chi connectivity index (χ1n) is 6.81. The third kappa shape index (κ3) is 2.90. The maximum Gasteiger partial charge on any atom is 0.152 e. The highest BCUT2D eigenvalue weighted by Crippen LogP contribution is 2.24. The molecule has 2 aromatic heterocycles. The third-order valence-corrected chi connectivity index (χ3v) is 4.22. The van der Waals surface area contributed by atoms with Crippen LogP contribution in [0.25, 0.3) is 10.2 Å². The molecule has 0 amide bonds. The number of ether oxygens (including phenoxy) is 1. The minimum atomic E-state index is 0.259. The van der Waals surface area contributed by atoms with E-state index >= 15 is 0 Å². The van der Waals surface area contributed by atoms with Gasteiger partial charge < -0.3 is 10.2 Å². The van der Waals surface area contributed by atoms with Crippen LogP contribution in [0, 0.1) is 0 Å². The number of hydrogen-bond acceptors (Lipinski definition) is 7. The van der Waals surface area contributed by atoms with Gasteiger partial charge in [-0.2, -0.15) is 0 Å². The van der Waals surface area contributed by atoms with Gasteiger partial charge in [-0.15, -0.1) is 11.3 Å². The summed E-state index contributed by atoms with van der Waals surface area (Å²) in [7, 11) is 0. The zero-order chi connectivity index (χ0) is 13.9. The molecule has 0 aliphatic carbocycles. The maximum atomic E-state index is 5.66. The van der Waals surface area contributed by atoms with Crippen molar-refractivity contribution in [3.63, 3.8) is 0 Å². The molecule has 3 heterocycles. The summed E-state index contributed by atoms with van der Waals surface area (Å²) in [5.74, 6) is 7.06. The van der Waals surface area contributed by atoms with Crippen molar-refractivity contribution in [1.29, 1.82) is 0 Å². The molecule has 7 heteroatoms. The van der Waals surface area contributed by atoms with Crippen molar-refractivity contribution in [2.45, 2.75) is 26.0 Å². The van der Waals surface area contributed by atoms with Crippen LogP contribution in [0.4, 0.5) is 5.82 Å². The third-order valence-electron chi connectivity index (χ3n) is 3.41. The second-order valence-electron chi connectivity index (χ2n) is 5.04. The van der Waals surface area contributed by atoms with Crippen LogP contribution in [-0.4, -0.2) is 40.7 Å². The van der Waals surface area contributed by atoms with Crippen molar-refractivity contribution in [2.75, 3.05) is 25.1 Å². The van der Waals surface area contributed by atoms with Crippen LogP contribution in [0.15, 0.2) is 11.4 Å². The van der Waals surface area contributed by atoms with Gasteiger partial charge in [0.25, 0.3) is 0 Å². The Labute approximate surface area is 121 Å². The van der Waals surface area contributed by atoms with Crippen LogP contribution in [0.2, 0.25) is 0 Å². The van der Waals surface area contributed by atoms with Gasteiger partial charge in [-0.1, -0.05) is 0 Å². The summed E-state index contributed by atoms with van der Waals surface area (Å²) in [6, 6.07) is 1.99. The van der Waals surface area contributed by atoms with E-state index < -0.39 is 0 Å². The van der Waals surface area contributed by atoms with Crippen LogP contribution in [-0.2, 0) is 11.3 Å². The van der Waals surface area contributed by atoms with E-state index in [9.17, 15) is 0 Å². The van der Waals surface area contributed by atoms with E-state index in [0.717, 1.165) is 48.7 Å². The minimum Gasteiger partial charge on any atom is -0.377 e. The first-order chi connectivity index (χ1) is 9.76. The van der Waals surface area contributed by atoms with Crippen molar-refractivity contribution >= 4 is 27.4 Å². The van der Waals surface area contributed by atoms with Crippen molar-refractivity contribution in [2.24, 2.45) is 5.84 Å². The second kappa shape index (κ2) is 6.01. The topological polar surface area (TPSA) is 76.3 Å². The Morgan fingerprint density at radius 2 is 2.45 bits per heavy atom. The van der Waals surface area contributed by atoms with Gasteiger partial charge >= 0.3 is 0 Å². The number of nitrogens with one attached hydrogen (secondary N) is 1. The number of fused-ring (bicyclic) bond motifs is 1. The summed E-state index contributed by atoms with van der Waals surface area (Å²) in [5, 5.41) is 2.99. The molecule has 6 nitrogen and oxygen atoms in total. The fraction of sp³-hybridized carbons (Fsp3) is 0.538. The molecular weight excluding hydrogens is 274 g/mol. The van der Waals surface area contributed by atoms with E-state index in [1.54, 1.807) is 11.3 Å². The molecule has 1 aliphatic heterocycles. The maximum absolute atomic E-state index is 5.66. The molecule has 1 unspecified atom stereocenters. The number of nitrogen functional groups attached to an aromatic ring is 1. The van der Waals surface area contributed by atoms with Crippen molar-refractivity contribution in [1.82, 2.24) is 14.9 Å². The van der Waals surface area contributed by atoms with Crippen LogP contribution < -0.4 is 11.3 Å². The SMILES string of the molecule is CC1CN(Cc2nc(NN)c3ccsc3n2)CCCO1. The molecule has 3 rings (SSSR count). The number of hydrogen-bond donors (Lipinski definition) is 2. The number of rotatable bonds is 3. The lowest BCUT2D eigenvalue weighted by Gasteiger charge is -2.20. The summed E-state index contributed by atoms with van der Waals surface area (Å²) >= 11 is 1.61. The Morgan fingerprint density at radius 1 is 1.55 bits per heavy atom. The Hall–Kier alpha value is -1.28. The molecule has 2 aromatic rings. The van der Waals surface area contributed by atoms with Crippen molar-refractivity contribution in [3.8, 4) is 0 Å². The summed E-state index contributed by atoms with van der Waals surface area (Å²) in [6.45, 7) is 5.60. The number of hydrazine groups is 1. The quantitative estimate of drug-likeness (QED) is 0.661. The first-order valence-corrected chi connectivity index (χ1v) is 7.69. The lowest BCUT2D eigenvalue weighted by atomic mass is 10.3. The molecule has 3 N–H and O–H groups in total. The second-order valence-corrected chi connectivity index (χ2v) is 5.94. The molecular formula is C13H19N5OS. The average Bonchev–Trinajstić information content (AvgIpc) is 2.81. The van der Waals surface area contributed by atoms with Gasteiger partial charge in [0.05, 0.1) is 18.0 Å². The largest absolute Gasteiger partial charge is 0.377 e. The molecule has 1 atom stereocenters. The Bertz CT molecular complexity index is 587. The predicted octanol–water partition coefficient (Wildman–Crippen LogP) is 1.59. The number of anilines is 1. The molecule has 1 fully saturated rings. The van der Waals surface area contributed by atoms with Crippen LogP contribution in [0.3, 0.4) is 0 Å². The molecule has 0 radical (unpaired) electrons. The molecule has 0 aromatic carbocycles. The first kappa shape index (κ1) is 13.7. The van der Waals surface area contributed by atoms with Crippen LogP contribution in [0.5, 0.6) is 0 Å². The van der Waals surface area contributed by atoms with Gasteiger partial charge in [0.15, 0.2) is 5.82 Å². The van der Waals surface area contributed by atoms with Crippen LogP contribution >= 0.6 is 11.3 Å². The fourth-order valence-electron chi connectivity index (χ4n) is 2.50. The average molecular weight is 293 g/mol. The lowest BCUT2D eigenvalue weighted by molar-refractivity contribution is 0.0665. The smallest absolute Gasteiger partial charge is 0.152 e. The minimum absolute atomic E-state index is 0.259. The van der Waals surface area contributed by atoms with Crippen molar-refractivity contribution < 1.29 is 4.74 Å². The Balaban J connectivity index is 1.82. The van der Waals surface area contributed by atoms with E-state index in [1.165, 1.54) is 0 Å².